The summed E-state index contributed by atoms with van der Waals surface area (Å²) in [5, 5.41) is 6.59. The van der Waals surface area contributed by atoms with E-state index in [0.29, 0.717) is 22.4 Å². The number of nitrogens with one attached hydrogen (secondary N) is 3. The maximum Gasteiger partial charge on any atom is 0.455 e. The van der Waals surface area contributed by atoms with Crippen LogP contribution in [-0.4, -0.2) is 36.4 Å². The lowest BCUT2D eigenvalue weighted by molar-refractivity contribution is -0.278. The molecule has 0 aliphatic carbocycles. The highest BCUT2D eigenvalue weighted by atomic mass is 19.4. The molecule has 2 aromatic carbocycles. The molecule has 1 heterocycles. The molecule has 0 saturated heterocycles. The molecule has 0 spiro atoms. The Kier molecular flexibility index (Phi) is 6.18. The van der Waals surface area contributed by atoms with Crippen LogP contribution in [0.3, 0.4) is 0 Å². The van der Waals surface area contributed by atoms with Crippen LogP contribution in [0.4, 0.5) is 27.6 Å². The average Bonchev–Trinajstić information content (AvgIpc) is 2.86. The number of carbonyl (C=O) groups is 3. The van der Waals surface area contributed by atoms with Gasteiger partial charge < -0.3 is 16.0 Å². The van der Waals surface area contributed by atoms with E-state index in [4.69, 9.17) is 0 Å². The summed E-state index contributed by atoms with van der Waals surface area (Å²) in [5.41, 5.74) is 0.204. The van der Waals surface area contributed by atoms with Gasteiger partial charge in [0, 0.05) is 11.3 Å². The van der Waals surface area contributed by atoms with Crippen LogP contribution in [0.2, 0.25) is 0 Å². The largest absolute Gasteiger partial charge is 0.455 e. The van der Waals surface area contributed by atoms with Crippen LogP contribution < -0.4 is 16.0 Å². The van der Waals surface area contributed by atoms with Gasteiger partial charge in [-0.25, -0.2) is 0 Å². The third kappa shape index (κ3) is 4.67. The highest BCUT2D eigenvalue weighted by Gasteiger charge is 2.57. The number of carbonyl (C=O) groups excluding carboxylic acids is 3. The van der Waals surface area contributed by atoms with Gasteiger partial charge in [0.1, 0.15) is 11.5 Å². The predicted molar refractivity (Wildman–Crippen MR) is 109 cm³/mol. The van der Waals surface area contributed by atoms with Gasteiger partial charge in [0.2, 0.25) is 11.8 Å². The Balaban J connectivity index is 1.83. The first-order valence-electron chi connectivity index (χ1n) is 9.79. The van der Waals surface area contributed by atoms with Crippen molar-refractivity contribution in [2.75, 3.05) is 11.9 Å². The molecule has 6 nitrogen and oxygen atoms in total. The molecule has 0 aromatic heterocycles. The lowest BCUT2D eigenvalue weighted by atomic mass is 9.89. The van der Waals surface area contributed by atoms with E-state index < -0.39 is 47.8 Å². The number of fused-ring (bicyclic) bond motifs is 3. The average molecular weight is 469 g/mol. The minimum Gasteiger partial charge on any atom is -0.349 e. The van der Waals surface area contributed by atoms with Crippen molar-refractivity contribution in [3.8, 4) is 11.1 Å². The van der Waals surface area contributed by atoms with Crippen LogP contribution in [0, 0.1) is 5.41 Å². The van der Waals surface area contributed by atoms with Crippen molar-refractivity contribution < 1.29 is 36.3 Å². The summed E-state index contributed by atoms with van der Waals surface area (Å²) in [7, 11) is 0. The van der Waals surface area contributed by atoms with E-state index >= 15 is 0 Å². The van der Waals surface area contributed by atoms with Crippen LogP contribution in [0.15, 0.2) is 48.5 Å². The zero-order valence-electron chi connectivity index (χ0n) is 17.5. The fourth-order valence-electron chi connectivity index (χ4n) is 3.24. The number of para-hydroxylation sites is 1. The first-order valence-corrected chi connectivity index (χ1v) is 9.79. The Morgan fingerprint density at radius 2 is 1.48 bits per heavy atom. The number of amides is 3. The number of rotatable bonds is 5. The molecule has 1 atom stereocenters. The Hall–Kier alpha value is -3.50. The van der Waals surface area contributed by atoms with Crippen LogP contribution in [0.25, 0.3) is 11.1 Å². The Morgan fingerprint density at radius 1 is 0.909 bits per heavy atom. The highest BCUT2D eigenvalue weighted by Crippen LogP contribution is 2.38. The topological polar surface area (TPSA) is 87.3 Å². The summed E-state index contributed by atoms with van der Waals surface area (Å²) in [5.74, 6) is -8.16. The number of halogens is 5. The molecule has 11 heteroatoms. The quantitative estimate of drug-likeness (QED) is 0.460. The summed E-state index contributed by atoms with van der Waals surface area (Å²) < 4.78 is 63.4. The molecule has 2 aromatic rings. The standard InChI is InChI=1S/C22H20F5N3O3/c1-20(2,18(32)28-11-21(23,24)22(25,26)27)19(33)30-16-14-9-4-3-7-12(14)13-8-5-6-10-15(13)29-17(16)31/h3-10,16H,11H2,1-2H3,(H,28,32)(H,29,31)(H,30,33). The molecule has 0 saturated carbocycles. The molecule has 33 heavy (non-hydrogen) atoms. The van der Waals surface area contributed by atoms with Crippen molar-refractivity contribution in [3.05, 3.63) is 54.1 Å². The second-order valence-corrected chi connectivity index (χ2v) is 8.04. The van der Waals surface area contributed by atoms with E-state index in [1.54, 1.807) is 48.5 Å². The second kappa shape index (κ2) is 8.45. The van der Waals surface area contributed by atoms with E-state index in [0.717, 1.165) is 13.8 Å². The predicted octanol–water partition coefficient (Wildman–Crippen LogP) is 3.80. The third-order valence-electron chi connectivity index (χ3n) is 5.31. The van der Waals surface area contributed by atoms with Crippen LogP contribution >= 0.6 is 0 Å². The van der Waals surface area contributed by atoms with Gasteiger partial charge >= 0.3 is 12.1 Å². The fourth-order valence-corrected chi connectivity index (χ4v) is 3.24. The summed E-state index contributed by atoms with van der Waals surface area (Å²) in [6.07, 6.45) is -5.86. The lowest BCUT2D eigenvalue weighted by Crippen LogP contribution is -2.54. The molecule has 1 aliphatic rings. The Labute approximate surface area is 185 Å². The van der Waals surface area contributed by atoms with Crippen LogP contribution in [0.1, 0.15) is 25.5 Å². The number of hydrogen-bond donors (Lipinski definition) is 3. The van der Waals surface area contributed by atoms with E-state index in [2.05, 4.69) is 10.6 Å². The first-order chi connectivity index (χ1) is 15.3. The van der Waals surface area contributed by atoms with Crippen LogP contribution in [0.5, 0.6) is 0 Å². The molecule has 0 bridgehead atoms. The van der Waals surface area contributed by atoms with E-state index in [1.807, 2.05) is 0 Å². The number of hydrogen-bond acceptors (Lipinski definition) is 3. The molecule has 0 radical (unpaired) electrons. The molecular weight excluding hydrogens is 449 g/mol. The van der Waals surface area contributed by atoms with Gasteiger partial charge in [0.05, 0.1) is 6.54 Å². The summed E-state index contributed by atoms with van der Waals surface area (Å²) in [6, 6.07) is 12.4. The van der Waals surface area contributed by atoms with Gasteiger partial charge in [-0.05, 0) is 31.0 Å². The zero-order chi connectivity index (χ0) is 24.6. The molecule has 3 amide bonds. The monoisotopic (exact) mass is 469 g/mol. The highest BCUT2D eigenvalue weighted by molar-refractivity contribution is 6.08. The van der Waals surface area contributed by atoms with Crippen molar-refractivity contribution in [1.29, 1.82) is 0 Å². The van der Waals surface area contributed by atoms with Crippen molar-refractivity contribution in [3.63, 3.8) is 0 Å². The van der Waals surface area contributed by atoms with E-state index in [1.165, 1.54) is 5.32 Å². The lowest BCUT2D eigenvalue weighted by Gasteiger charge is -2.27. The molecule has 0 fully saturated rings. The van der Waals surface area contributed by atoms with Gasteiger partial charge in [-0.2, -0.15) is 22.0 Å². The molecular formula is C22H20F5N3O3. The second-order valence-electron chi connectivity index (χ2n) is 8.04. The summed E-state index contributed by atoms with van der Waals surface area (Å²) >= 11 is 0. The third-order valence-corrected chi connectivity index (χ3v) is 5.31. The minimum absolute atomic E-state index is 0.424. The van der Waals surface area contributed by atoms with Gasteiger partial charge in [-0.15, -0.1) is 0 Å². The van der Waals surface area contributed by atoms with E-state index in [9.17, 15) is 36.3 Å². The summed E-state index contributed by atoms with van der Waals surface area (Å²) in [6.45, 7) is 0.0887. The molecule has 176 valence electrons. The van der Waals surface area contributed by atoms with Crippen molar-refractivity contribution in [2.24, 2.45) is 5.41 Å². The van der Waals surface area contributed by atoms with Crippen LogP contribution in [-0.2, 0) is 14.4 Å². The normalized spacial score (nSPS) is 16.1. The van der Waals surface area contributed by atoms with Gasteiger partial charge in [0.15, 0.2) is 0 Å². The van der Waals surface area contributed by atoms with Crippen molar-refractivity contribution >= 4 is 23.4 Å². The number of alkyl halides is 5. The van der Waals surface area contributed by atoms with Crippen molar-refractivity contribution in [2.45, 2.75) is 32.0 Å². The van der Waals surface area contributed by atoms with E-state index in [-0.39, 0.29) is 0 Å². The number of anilines is 1. The molecule has 1 aliphatic heterocycles. The molecule has 3 rings (SSSR count). The maximum absolute atomic E-state index is 13.2. The maximum atomic E-state index is 13.2. The molecule has 1 unspecified atom stereocenters. The Bertz CT molecular complexity index is 1100. The number of benzene rings is 2. The first kappa shape index (κ1) is 24.1. The summed E-state index contributed by atoms with van der Waals surface area (Å²) in [4.78, 5) is 38.1. The fraction of sp³-hybridized carbons (Fsp3) is 0.318. The van der Waals surface area contributed by atoms with Crippen molar-refractivity contribution in [1.82, 2.24) is 10.6 Å². The van der Waals surface area contributed by atoms with Gasteiger partial charge in [-0.1, -0.05) is 42.5 Å². The smallest absolute Gasteiger partial charge is 0.349 e. The minimum atomic E-state index is -5.86. The van der Waals surface area contributed by atoms with Gasteiger partial charge in [-0.3, -0.25) is 14.4 Å². The van der Waals surface area contributed by atoms with Gasteiger partial charge in [0.25, 0.3) is 5.91 Å². The SMILES string of the molecule is CC(C)(C(=O)NCC(F)(F)C(F)(F)F)C(=O)NC1C(=O)Nc2ccccc2-c2ccccc21. The zero-order valence-corrected chi connectivity index (χ0v) is 17.5. The molecule has 3 N–H and O–H groups in total. The Morgan fingerprint density at radius 3 is 2.12 bits per heavy atom.